The van der Waals surface area contributed by atoms with Gasteiger partial charge in [-0.15, -0.1) is 0 Å². The van der Waals surface area contributed by atoms with Gasteiger partial charge in [0.25, 0.3) is 0 Å². The first-order chi connectivity index (χ1) is 6.07. The highest BCUT2D eigenvalue weighted by Gasteiger charge is 2.04. The van der Waals surface area contributed by atoms with E-state index in [9.17, 15) is 4.21 Å². The van der Waals surface area contributed by atoms with Gasteiger partial charge in [0.1, 0.15) is 5.84 Å². The topological polar surface area (TPSA) is 87.7 Å². The molecular formula is C7H17N3O2S. The van der Waals surface area contributed by atoms with Crippen LogP contribution in [-0.2, 0) is 10.8 Å². The Balaban J connectivity index is 3.41. The number of nitrogens with one attached hydrogen (secondary N) is 1. The zero-order chi connectivity index (χ0) is 10.3. The second kappa shape index (κ2) is 6.85. The van der Waals surface area contributed by atoms with Crippen molar-refractivity contribution in [1.82, 2.24) is 5.32 Å². The zero-order valence-electron chi connectivity index (χ0n) is 7.99. The van der Waals surface area contributed by atoms with Crippen LogP contribution in [0.4, 0.5) is 0 Å². The summed E-state index contributed by atoms with van der Waals surface area (Å²) in [6, 6.07) is 0. The highest BCUT2D eigenvalue weighted by molar-refractivity contribution is 7.84. The Hall–Kier alpha value is -0.620. The molecular weight excluding hydrogens is 190 g/mol. The summed E-state index contributed by atoms with van der Waals surface area (Å²) in [6.07, 6.45) is 2.18. The van der Waals surface area contributed by atoms with E-state index in [2.05, 4.69) is 10.5 Å². The van der Waals surface area contributed by atoms with Gasteiger partial charge in [-0.3, -0.25) is 4.21 Å². The van der Waals surface area contributed by atoms with Gasteiger partial charge < -0.3 is 16.3 Å². The van der Waals surface area contributed by atoms with Crippen LogP contribution >= 0.6 is 0 Å². The molecule has 5 nitrogen and oxygen atoms in total. The molecule has 2 unspecified atom stereocenters. The molecule has 0 radical (unpaired) electrons. The van der Waals surface area contributed by atoms with Crippen LogP contribution in [0.2, 0.25) is 0 Å². The van der Waals surface area contributed by atoms with E-state index in [-0.39, 0.29) is 11.1 Å². The normalized spacial score (nSPS) is 16.9. The minimum absolute atomic E-state index is 0.132. The molecule has 0 saturated heterocycles. The van der Waals surface area contributed by atoms with Crippen molar-refractivity contribution in [3.05, 3.63) is 0 Å². The number of nitrogens with two attached hydrogens (primary N) is 1. The first kappa shape index (κ1) is 12.4. The molecule has 4 N–H and O–H groups in total. The molecule has 6 heteroatoms. The third-order valence-electron chi connectivity index (χ3n) is 1.68. The molecule has 0 aliphatic carbocycles. The van der Waals surface area contributed by atoms with Gasteiger partial charge in [-0.2, -0.15) is 0 Å². The number of oxime groups is 1. The van der Waals surface area contributed by atoms with Gasteiger partial charge in [0, 0.05) is 41.8 Å². The van der Waals surface area contributed by atoms with E-state index >= 15 is 0 Å². The van der Waals surface area contributed by atoms with Crippen LogP contribution in [0, 0.1) is 0 Å². The van der Waals surface area contributed by atoms with E-state index in [4.69, 9.17) is 10.9 Å². The van der Waals surface area contributed by atoms with E-state index in [0.29, 0.717) is 19.5 Å². The van der Waals surface area contributed by atoms with Crippen LogP contribution in [-0.4, -0.2) is 39.8 Å². The Bertz CT molecular complexity index is 196. The number of nitrogens with zero attached hydrogens (tertiary/aromatic N) is 1. The highest BCUT2D eigenvalue weighted by atomic mass is 32.2. The van der Waals surface area contributed by atoms with Crippen molar-refractivity contribution in [2.24, 2.45) is 10.9 Å². The average Bonchev–Trinajstić information content (AvgIpc) is 2.11. The van der Waals surface area contributed by atoms with Crippen LogP contribution in [0.15, 0.2) is 5.16 Å². The third-order valence-corrected chi connectivity index (χ3v) is 2.98. The quantitative estimate of drug-likeness (QED) is 0.180. The fourth-order valence-electron chi connectivity index (χ4n) is 0.689. The second-order valence-electron chi connectivity index (χ2n) is 2.85. The molecule has 0 saturated carbocycles. The smallest absolute Gasteiger partial charge is 0.140 e. The number of hydrogen-bond donors (Lipinski definition) is 3. The summed E-state index contributed by atoms with van der Waals surface area (Å²) in [5.41, 5.74) is 5.25. The molecule has 0 aromatic heterocycles. The molecule has 78 valence electrons. The maximum Gasteiger partial charge on any atom is 0.140 e. The molecule has 0 spiro atoms. The van der Waals surface area contributed by atoms with E-state index in [1.807, 2.05) is 6.92 Å². The fraction of sp³-hybridized carbons (Fsp3) is 0.857. The first-order valence-corrected chi connectivity index (χ1v) is 5.69. The Morgan fingerprint density at radius 3 is 2.85 bits per heavy atom. The van der Waals surface area contributed by atoms with Gasteiger partial charge in [0.05, 0.1) is 0 Å². The van der Waals surface area contributed by atoms with Crippen molar-refractivity contribution in [3.8, 4) is 0 Å². The summed E-state index contributed by atoms with van der Waals surface area (Å²) in [6.45, 7) is 3.23. The van der Waals surface area contributed by atoms with Crippen molar-refractivity contribution in [3.63, 3.8) is 0 Å². The van der Waals surface area contributed by atoms with Crippen molar-refractivity contribution in [2.75, 3.05) is 19.3 Å². The molecule has 0 aliphatic rings. The Labute approximate surface area is 80.8 Å². The summed E-state index contributed by atoms with van der Waals surface area (Å²) >= 11 is 0. The second-order valence-corrected chi connectivity index (χ2v) is 4.66. The van der Waals surface area contributed by atoms with Crippen molar-refractivity contribution >= 4 is 16.6 Å². The van der Waals surface area contributed by atoms with Crippen LogP contribution in [0.25, 0.3) is 0 Å². The lowest BCUT2D eigenvalue weighted by molar-refractivity contribution is 0.316. The van der Waals surface area contributed by atoms with Crippen molar-refractivity contribution in [2.45, 2.75) is 18.6 Å². The van der Waals surface area contributed by atoms with E-state index in [1.54, 1.807) is 6.26 Å². The lowest BCUT2D eigenvalue weighted by Crippen LogP contribution is -2.30. The van der Waals surface area contributed by atoms with Gasteiger partial charge in [-0.05, 0) is 6.92 Å². The minimum Gasteiger partial charge on any atom is -0.409 e. The predicted molar refractivity (Wildman–Crippen MR) is 54.4 cm³/mol. The Kier molecular flexibility index (Phi) is 6.52. The lowest BCUT2D eigenvalue weighted by Gasteiger charge is -2.08. The standard InChI is InChI=1S/C7H17N3O2S/c1-6(13(2)12)5-9-4-3-7(8)10-11/h6,9,11H,3-5H2,1-2H3,(H2,8,10). The number of rotatable bonds is 6. The molecule has 2 atom stereocenters. The van der Waals surface area contributed by atoms with E-state index < -0.39 is 10.8 Å². The fourth-order valence-corrected chi connectivity index (χ4v) is 1.04. The maximum absolute atomic E-state index is 10.9. The molecule has 0 rings (SSSR count). The molecule has 0 aliphatic heterocycles. The summed E-state index contributed by atoms with van der Waals surface area (Å²) in [7, 11) is -0.800. The lowest BCUT2D eigenvalue weighted by atomic mass is 10.4. The summed E-state index contributed by atoms with van der Waals surface area (Å²) < 4.78 is 10.9. The van der Waals surface area contributed by atoms with Crippen LogP contribution in [0.1, 0.15) is 13.3 Å². The van der Waals surface area contributed by atoms with Gasteiger partial charge in [0.2, 0.25) is 0 Å². The Morgan fingerprint density at radius 2 is 2.38 bits per heavy atom. The first-order valence-electron chi connectivity index (χ1n) is 4.07. The highest BCUT2D eigenvalue weighted by Crippen LogP contribution is 1.89. The van der Waals surface area contributed by atoms with E-state index in [1.165, 1.54) is 0 Å². The van der Waals surface area contributed by atoms with Crippen molar-refractivity contribution in [1.29, 1.82) is 0 Å². The molecule has 0 bridgehead atoms. The maximum atomic E-state index is 10.9. The summed E-state index contributed by atoms with van der Waals surface area (Å²) in [4.78, 5) is 0. The van der Waals surface area contributed by atoms with Crippen LogP contribution in [0.3, 0.4) is 0 Å². The molecule has 0 heterocycles. The van der Waals surface area contributed by atoms with Gasteiger partial charge >= 0.3 is 0 Å². The van der Waals surface area contributed by atoms with Gasteiger partial charge in [-0.1, -0.05) is 5.16 Å². The van der Waals surface area contributed by atoms with Gasteiger partial charge in [-0.25, -0.2) is 0 Å². The van der Waals surface area contributed by atoms with Crippen LogP contribution < -0.4 is 11.1 Å². The molecule has 0 aromatic carbocycles. The number of hydrogen-bond acceptors (Lipinski definition) is 4. The molecule has 13 heavy (non-hydrogen) atoms. The monoisotopic (exact) mass is 207 g/mol. The molecule has 0 aromatic rings. The SMILES string of the molecule is CC(CNCCC(N)=NO)S(C)=O. The largest absolute Gasteiger partial charge is 0.409 e. The zero-order valence-corrected chi connectivity index (χ0v) is 8.80. The van der Waals surface area contributed by atoms with Crippen LogP contribution in [0.5, 0.6) is 0 Å². The summed E-state index contributed by atoms with van der Waals surface area (Å²) in [5, 5.41) is 14.3. The molecule has 0 fully saturated rings. The van der Waals surface area contributed by atoms with Gasteiger partial charge in [0.15, 0.2) is 0 Å². The van der Waals surface area contributed by atoms with E-state index in [0.717, 1.165) is 0 Å². The third kappa shape index (κ3) is 6.53. The predicted octanol–water partition coefficient (Wildman–Crippen LogP) is -0.520. The summed E-state index contributed by atoms with van der Waals surface area (Å²) in [5.74, 6) is 0.206. The minimum atomic E-state index is -0.800. The number of amidine groups is 1. The van der Waals surface area contributed by atoms with Crippen molar-refractivity contribution < 1.29 is 9.42 Å². The molecule has 0 amide bonds. The Morgan fingerprint density at radius 1 is 1.77 bits per heavy atom. The average molecular weight is 207 g/mol.